The highest BCUT2D eigenvalue weighted by Crippen LogP contribution is 2.20. The van der Waals surface area contributed by atoms with Crippen LogP contribution in [0.4, 0.5) is 0 Å². The molecule has 0 saturated heterocycles. The van der Waals surface area contributed by atoms with Gasteiger partial charge in [-0.15, -0.1) is 0 Å². The van der Waals surface area contributed by atoms with Crippen LogP contribution in [0.15, 0.2) is 18.3 Å². The molecule has 0 amide bonds. The molecule has 4 nitrogen and oxygen atoms in total. The summed E-state index contributed by atoms with van der Waals surface area (Å²) in [5.41, 5.74) is 6.50. The van der Waals surface area contributed by atoms with E-state index in [0.717, 1.165) is 5.56 Å². The molecule has 1 heterocycles. The van der Waals surface area contributed by atoms with Gasteiger partial charge in [-0.2, -0.15) is 0 Å². The Bertz CT molecular complexity index is 321. The van der Waals surface area contributed by atoms with Gasteiger partial charge in [-0.05, 0) is 18.4 Å². The molecule has 1 aliphatic rings. The van der Waals surface area contributed by atoms with Crippen LogP contribution in [-0.2, 0) is 11.3 Å². The van der Waals surface area contributed by atoms with Crippen molar-refractivity contribution in [3.8, 4) is 5.88 Å². The number of ether oxygens (including phenoxy) is 2. The minimum absolute atomic E-state index is 0.450. The molecular formula is C13H20N2O2. The SMILES string of the molecule is NCc1ccc(OCCOC2CCCC2)nc1. The number of aromatic nitrogens is 1. The van der Waals surface area contributed by atoms with E-state index in [1.54, 1.807) is 6.20 Å². The van der Waals surface area contributed by atoms with E-state index in [0.29, 0.717) is 31.7 Å². The van der Waals surface area contributed by atoms with Crippen molar-refractivity contribution >= 4 is 0 Å². The van der Waals surface area contributed by atoms with Crippen molar-refractivity contribution in [2.75, 3.05) is 13.2 Å². The summed E-state index contributed by atoms with van der Waals surface area (Å²) in [6.45, 7) is 1.72. The van der Waals surface area contributed by atoms with Crippen LogP contribution in [0.1, 0.15) is 31.2 Å². The van der Waals surface area contributed by atoms with Crippen LogP contribution in [0.2, 0.25) is 0 Å². The molecule has 0 spiro atoms. The van der Waals surface area contributed by atoms with E-state index in [9.17, 15) is 0 Å². The first kappa shape index (κ1) is 12.3. The van der Waals surface area contributed by atoms with Crippen molar-refractivity contribution in [3.63, 3.8) is 0 Å². The summed E-state index contributed by atoms with van der Waals surface area (Å²) in [4.78, 5) is 4.16. The maximum absolute atomic E-state index is 5.70. The maximum atomic E-state index is 5.70. The van der Waals surface area contributed by atoms with E-state index in [1.165, 1.54) is 25.7 Å². The normalized spacial score (nSPS) is 16.3. The van der Waals surface area contributed by atoms with E-state index >= 15 is 0 Å². The Morgan fingerprint density at radius 3 is 2.71 bits per heavy atom. The van der Waals surface area contributed by atoms with Crippen LogP contribution in [0.25, 0.3) is 0 Å². The lowest BCUT2D eigenvalue weighted by atomic mass is 10.3. The van der Waals surface area contributed by atoms with Gasteiger partial charge >= 0.3 is 0 Å². The van der Waals surface area contributed by atoms with E-state index < -0.39 is 0 Å². The molecule has 1 aromatic rings. The van der Waals surface area contributed by atoms with Gasteiger partial charge in [-0.25, -0.2) is 4.98 Å². The first-order valence-electron chi connectivity index (χ1n) is 6.28. The second kappa shape index (κ2) is 6.57. The van der Waals surface area contributed by atoms with Crippen LogP contribution in [0.3, 0.4) is 0 Å². The molecular weight excluding hydrogens is 216 g/mol. The summed E-state index contributed by atoms with van der Waals surface area (Å²) in [5.74, 6) is 0.636. The van der Waals surface area contributed by atoms with Crippen molar-refractivity contribution in [1.29, 1.82) is 0 Å². The lowest BCUT2D eigenvalue weighted by Gasteiger charge is -2.11. The lowest BCUT2D eigenvalue weighted by Crippen LogP contribution is -2.14. The van der Waals surface area contributed by atoms with Crippen molar-refractivity contribution in [1.82, 2.24) is 4.98 Å². The van der Waals surface area contributed by atoms with Crippen molar-refractivity contribution in [3.05, 3.63) is 23.9 Å². The Kier molecular flexibility index (Phi) is 4.76. The fourth-order valence-electron chi connectivity index (χ4n) is 2.03. The van der Waals surface area contributed by atoms with Crippen LogP contribution < -0.4 is 10.5 Å². The molecule has 1 aliphatic carbocycles. The van der Waals surface area contributed by atoms with Crippen molar-refractivity contribution in [2.45, 2.75) is 38.3 Å². The predicted octanol–water partition coefficient (Wildman–Crippen LogP) is 1.88. The zero-order valence-corrected chi connectivity index (χ0v) is 10.1. The van der Waals surface area contributed by atoms with Crippen LogP contribution in [0, 0.1) is 0 Å². The second-order valence-corrected chi connectivity index (χ2v) is 4.33. The van der Waals surface area contributed by atoms with E-state index in [-0.39, 0.29) is 0 Å². The molecule has 94 valence electrons. The fourth-order valence-corrected chi connectivity index (χ4v) is 2.03. The highest BCUT2D eigenvalue weighted by Gasteiger charge is 2.14. The van der Waals surface area contributed by atoms with Crippen LogP contribution in [-0.4, -0.2) is 24.3 Å². The molecule has 1 saturated carbocycles. The number of nitrogens with zero attached hydrogens (tertiary/aromatic N) is 1. The highest BCUT2D eigenvalue weighted by atomic mass is 16.5. The van der Waals surface area contributed by atoms with Gasteiger partial charge < -0.3 is 15.2 Å². The van der Waals surface area contributed by atoms with Gasteiger partial charge in [-0.3, -0.25) is 0 Å². The van der Waals surface area contributed by atoms with Crippen LogP contribution in [0.5, 0.6) is 5.88 Å². The van der Waals surface area contributed by atoms with E-state index in [2.05, 4.69) is 4.98 Å². The van der Waals surface area contributed by atoms with E-state index in [1.807, 2.05) is 12.1 Å². The molecule has 1 fully saturated rings. The number of hydrogen-bond donors (Lipinski definition) is 1. The number of rotatable bonds is 6. The first-order valence-corrected chi connectivity index (χ1v) is 6.28. The van der Waals surface area contributed by atoms with Gasteiger partial charge in [0.25, 0.3) is 0 Å². The first-order chi connectivity index (χ1) is 8.38. The van der Waals surface area contributed by atoms with Gasteiger partial charge in [-0.1, -0.05) is 18.9 Å². The molecule has 0 aliphatic heterocycles. The summed E-state index contributed by atoms with van der Waals surface area (Å²) in [6, 6.07) is 3.78. The molecule has 0 radical (unpaired) electrons. The molecule has 2 rings (SSSR count). The van der Waals surface area contributed by atoms with Gasteiger partial charge in [0.05, 0.1) is 12.7 Å². The zero-order chi connectivity index (χ0) is 11.9. The molecule has 0 bridgehead atoms. The summed E-state index contributed by atoms with van der Waals surface area (Å²) < 4.78 is 11.2. The van der Waals surface area contributed by atoms with Gasteiger partial charge in [0.15, 0.2) is 0 Å². The molecule has 0 unspecified atom stereocenters. The van der Waals surface area contributed by atoms with Crippen LogP contribution >= 0.6 is 0 Å². The topological polar surface area (TPSA) is 57.4 Å². The predicted molar refractivity (Wildman–Crippen MR) is 65.8 cm³/mol. The zero-order valence-electron chi connectivity index (χ0n) is 10.1. The van der Waals surface area contributed by atoms with Crippen molar-refractivity contribution in [2.24, 2.45) is 5.73 Å². The average molecular weight is 236 g/mol. The Balaban J connectivity index is 1.63. The van der Waals surface area contributed by atoms with Gasteiger partial charge in [0, 0.05) is 18.8 Å². The third kappa shape index (κ3) is 3.98. The molecule has 0 atom stereocenters. The summed E-state index contributed by atoms with van der Waals surface area (Å²) in [5, 5.41) is 0. The number of pyridine rings is 1. The second-order valence-electron chi connectivity index (χ2n) is 4.33. The Morgan fingerprint density at radius 2 is 2.06 bits per heavy atom. The summed E-state index contributed by atoms with van der Waals surface area (Å²) in [7, 11) is 0. The number of hydrogen-bond acceptors (Lipinski definition) is 4. The average Bonchev–Trinajstić information content (AvgIpc) is 2.88. The Hall–Kier alpha value is -1.13. The fraction of sp³-hybridized carbons (Fsp3) is 0.615. The lowest BCUT2D eigenvalue weighted by molar-refractivity contribution is 0.0373. The minimum atomic E-state index is 0.450. The summed E-state index contributed by atoms with van der Waals surface area (Å²) >= 11 is 0. The smallest absolute Gasteiger partial charge is 0.213 e. The molecule has 17 heavy (non-hydrogen) atoms. The van der Waals surface area contributed by atoms with Gasteiger partial charge in [0.2, 0.25) is 5.88 Å². The molecule has 2 N–H and O–H groups in total. The maximum Gasteiger partial charge on any atom is 0.213 e. The Morgan fingerprint density at radius 1 is 1.24 bits per heavy atom. The number of nitrogens with two attached hydrogens (primary N) is 1. The largest absolute Gasteiger partial charge is 0.475 e. The summed E-state index contributed by atoms with van der Waals surface area (Å²) in [6.07, 6.45) is 7.19. The molecule has 1 aromatic heterocycles. The van der Waals surface area contributed by atoms with Crippen molar-refractivity contribution < 1.29 is 9.47 Å². The standard InChI is InChI=1S/C13H20N2O2/c14-9-11-5-6-13(15-10-11)17-8-7-16-12-3-1-2-4-12/h5-6,10,12H,1-4,7-9,14H2. The van der Waals surface area contributed by atoms with Gasteiger partial charge in [0.1, 0.15) is 6.61 Å². The van der Waals surface area contributed by atoms with E-state index in [4.69, 9.17) is 15.2 Å². The molecule has 4 heteroatoms. The molecule has 0 aromatic carbocycles. The monoisotopic (exact) mass is 236 g/mol. The Labute approximate surface area is 102 Å². The quantitative estimate of drug-likeness (QED) is 0.766. The minimum Gasteiger partial charge on any atom is -0.475 e. The highest BCUT2D eigenvalue weighted by molar-refractivity contribution is 5.17. The third-order valence-electron chi connectivity index (χ3n) is 3.02. The third-order valence-corrected chi connectivity index (χ3v) is 3.02.